The Bertz CT molecular complexity index is 612. The van der Waals surface area contributed by atoms with Gasteiger partial charge in [-0.15, -0.1) is 11.6 Å². The van der Waals surface area contributed by atoms with Gasteiger partial charge in [-0.2, -0.15) is 4.31 Å². The molecule has 0 aliphatic heterocycles. The molecule has 0 amide bonds. The fraction of sp³-hybridized carbons (Fsp3) is 0.600. The standard InChI is InChI=1S/C15H21ClFNO2S/c1-3-18(13-6-4-5-7-13)21(19,20)14-8-11(2)15(17)12(9-14)10-16/h8-9,13H,3-7,10H2,1-2H3. The molecule has 0 spiro atoms. The Morgan fingerprint density at radius 2 is 1.95 bits per heavy atom. The van der Waals surface area contributed by atoms with Crippen LogP contribution in [0, 0.1) is 12.7 Å². The van der Waals surface area contributed by atoms with Crippen LogP contribution in [-0.4, -0.2) is 25.3 Å². The van der Waals surface area contributed by atoms with Crippen LogP contribution in [0.4, 0.5) is 4.39 Å². The van der Waals surface area contributed by atoms with Crippen molar-refractivity contribution < 1.29 is 12.8 Å². The first-order chi connectivity index (χ1) is 9.91. The second kappa shape index (κ2) is 6.63. The first-order valence-corrected chi connectivity index (χ1v) is 9.26. The molecule has 1 saturated carbocycles. The van der Waals surface area contributed by atoms with E-state index in [9.17, 15) is 12.8 Å². The average molecular weight is 334 g/mol. The van der Waals surface area contributed by atoms with Crippen LogP contribution >= 0.6 is 11.6 Å². The molecular weight excluding hydrogens is 313 g/mol. The second-order valence-corrected chi connectivity index (χ2v) is 7.65. The summed E-state index contributed by atoms with van der Waals surface area (Å²) in [4.78, 5) is 0.144. The Morgan fingerprint density at radius 3 is 2.48 bits per heavy atom. The van der Waals surface area contributed by atoms with Gasteiger partial charge in [0.1, 0.15) is 5.82 Å². The Kier molecular flexibility index (Phi) is 5.28. The van der Waals surface area contributed by atoms with Crippen LogP contribution in [0.3, 0.4) is 0 Å². The molecule has 1 aliphatic rings. The zero-order valence-corrected chi connectivity index (χ0v) is 14.0. The SMILES string of the molecule is CCN(C1CCCC1)S(=O)(=O)c1cc(C)c(F)c(CCl)c1. The lowest BCUT2D eigenvalue weighted by atomic mass is 10.1. The van der Waals surface area contributed by atoms with Crippen molar-refractivity contribution in [2.24, 2.45) is 0 Å². The molecule has 1 aliphatic carbocycles. The smallest absolute Gasteiger partial charge is 0.207 e. The Hall–Kier alpha value is -0.650. The summed E-state index contributed by atoms with van der Waals surface area (Å²) < 4.78 is 41.1. The van der Waals surface area contributed by atoms with Crippen molar-refractivity contribution in [3.63, 3.8) is 0 Å². The van der Waals surface area contributed by atoms with Gasteiger partial charge < -0.3 is 0 Å². The van der Waals surface area contributed by atoms with E-state index in [0.29, 0.717) is 12.1 Å². The van der Waals surface area contributed by atoms with E-state index in [-0.39, 0.29) is 22.4 Å². The molecule has 118 valence electrons. The van der Waals surface area contributed by atoms with Crippen molar-refractivity contribution in [1.82, 2.24) is 4.31 Å². The summed E-state index contributed by atoms with van der Waals surface area (Å²) in [7, 11) is -3.60. The third-order valence-corrected chi connectivity index (χ3v) is 6.39. The second-order valence-electron chi connectivity index (χ2n) is 5.49. The van der Waals surface area contributed by atoms with Crippen LogP contribution in [0.5, 0.6) is 0 Å². The van der Waals surface area contributed by atoms with Crippen molar-refractivity contribution >= 4 is 21.6 Å². The van der Waals surface area contributed by atoms with E-state index in [1.807, 2.05) is 6.92 Å². The number of benzene rings is 1. The Labute approximate surface area is 131 Å². The number of hydrogen-bond acceptors (Lipinski definition) is 2. The fourth-order valence-electron chi connectivity index (χ4n) is 3.00. The van der Waals surface area contributed by atoms with E-state index in [2.05, 4.69) is 0 Å². The normalized spacial score (nSPS) is 16.8. The summed E-state index contributed by atoms with van der Waals surface area (Å²) in [6.45, 7) is 3.84. The molecular formula is C15H21ClFNO2S. The number of halogens is 2. The number of hydrogen-bond donors (Lipinski definition) is 0. The lowest BCUT2D eigenvalue weighted by Crippen LogP contribution is -2.38. The van der Waals surface area contributed by atoms with E-state index in [4.69, 9.17) is 11.6 Å². The number of sulfonamides is 1. The third-order valence-electron chi connectivity index (χ3n) is 4.10. The fourth-order valence-corrected chi connectivity index (χ4v) is 5.03. The predicted molar refractivity (Wildman–Crippen MR) is 82.5 cm³/mol. The molecule has 0 bridgehead atoms. The number of rotatable bonds is 5. The van der Waals surface area contributed by atoms with Crippen molar-refractivity contribution in [3.8, 4) is 0 Å². The maximum atomic E-state index is 13.9. The van der Waals surface area contributed by atoms with Crippen LogP contribution in [0.25, 0.3) is 0 Å². The van der Waals surface area contributed by atoms with Gasteiger partial charge in [0.2, 0.25) is 10.0 Å². The first kappa shape index (κ1) is 16.7. The highest BCUT2D eigenvalue weighted by Gasteiger charge is 2.32. The summed E-state index contributed by atoms with van der Waals surface area (Å²) in [6.07, 6.45) is 3.92. The molecule has 1 aromatic carbocycles. The highest BCUT2D eigenvalue weighted by molar-refractivity contribution is 7.89. The van der Waals surface area contributed by atoms with Crippen LogP contribution in [-0.2, 0) is 15.9 Å². The molecule has 0 radical (unpaired) electrons. The zero-order valence-electron chi connectivity index (χ0n) is 12.4. The third kappa shape index (κ3) is 3.25. The highest BCUT2D eigenvalue weighted by Crippen LogP contribution is 2.30. The Balaban J connectivity index is 2.44. The minimum absolute atomic E-state index is 0.0361. The van der Waals surface area contributed by atoms with Gasteiger partial charge in [-0.1, -0.05) is 19.8 Å². The van der Waals surface area contributed by atoms with Gasteiger partial charge >= 0.3 is 0 Å². The lowest BCUT2D eigenvalue weighted by molar-refractivity contribution is 0.335. The van der Waals surface area contributed by atoms with E-state index in [1.165, 1.54) is 12.1 Å². The van der Waals surface area contributed by atoms with Crippen LogP contribution < -0.4 is 0 Å². The van der Waals surface area contributed by atoms with Crippen molar-refractivity contribution in [1.29, 1.82) is 0 Å². The molecule has 0 aromatic heterocycles. The van der Waals surface area contributed by atoms with Crippen LogP contribution in [0.1, 0.15) is 43.7 Å². The largest absolute Gasteiger partial charge is 0.243 e. The molecule has 1 aromatic rings. The van der Waals surface area contributed by atoms with Gasteiger partial charge in [-0.25, -0.2) is 12.8 Å². The molecule has 1 fully saturated rings. The molecule has 3 nitrogen and oxygen atoms in total. The van der Waals surface area contributed by atoms with Crippen molar-refractivity contribution in [3.05, 3.63) is 29.1 Å². The molecule has 0 atom stereocenters. The summed E-state index contributed by atoms with van der Waals surface area (Å²) in [5.41, 5.74) is 0.548. The lowest BCUT2D eigenvalue weighted by Gasteiger charge is -2.27. The van der Waals surface area contributed by atoms with E-state index < -0.39 is 15.8 Å². The molecule has 0 unspecified atom stereocenters. The zero-order chi connectivity index (χ0) is 15.6. The van der Waals surface area contributed by atoms with Gasteiger partial charge in [-0.3, -0.25) is 0 Å². The van der Waals surface area contributed by atoms with E-state index in [0.717, 1.165) is 25.7 Å². The van der Waals surface area contributed by atoms with Crippen LogP contribution in [0.15, 0.2) is 17.0 Å². The maximum Gasteiger partial charge on any atom is 0.243 e. The van der Waals surface area contributed by atoms with Crippen molar-refractivity contribution in [2.45, 2.75) is 56.3 Å². The molecule has 0 saturated heterocycles. The van der Waals surface area contributed by atoms with Gasteiger partial charge in [0.15, 0.2) is 0 Å². The topological polar surface area (TPSA) is 37.4 Å². The molecule has 21 heavy (non-hydrogen) atoms. The van der Waals surface area contributed by atoms with Crippen LogP contribution in [0.2, 0.25) is 0 Å². The highest BCUT2D eigenvalue weighted by atomic mass is 35.5. The monoisotopic (exact) mass is 333 g/mol. The number of aryl methyl sites for hydroxylation is 1. The van der Waals surface area contributed by atoms with E-state index >= 15 is 0 Å². The predicted octanol–water partition coefficient (Wildman–Crippen LogP) is 3.83. The summed E-state index contributed by atoms with van der Waals surface area (Å²) >= 11 is 5.72. The average Bonchev–Trinajstić information content (AvgIpc) is 2.95. The van der Waals surface area contributed by atoms with Crippen molar-refractivity contribution in [2.75, 3.05) is 6.54 Å². The van der Waals surface area contributed by atoms with Gasteiger partial charge in [0.05, 0.1) is 10.8 Å². The maximum absolute atomic E-state index is 13.9. The van der Waals surface area contributed by atoms with Gasteiger partial charge in [-0.05, 0) is 37.5 Å². The Morgan fingerprint density at radius 1 is 1.33 bits per heavy atom. The van der Waals surface area contributed by atoms with Gasteiger partial charge in [0.25, 0.3) is 0 Å². The minimum Gasteiger partial charge on any atom is -0.207 e. The number of alkyl halides is 1. The van der Waals surface area contributed by atoms with E-state index in [1.54, 1.807) is 11.2 Å². The quantitative estimate of drug-likeness (QED) is 0.768. The molecule has 0 N–H and O–H groups in total. The minimum atomic E-state index is -3.60. The first-order valence-electron chi connectivity index (χ1n) is 7.28. The molecule has 0 heterocycles. The summed E-state index contributed by atoms with van der Waals surface area (Å²) in [5, 5.41) is 0. The molecule has 2 rings (SSSR count). The summed E-state index contributed by atoms with van der Waals surface area (Å²) in [6, 6.07) is 2.82. The number of nitrogens with zero attached hydrogens (tertiary/aromatic N) is 1. The van der Waals surface area contributed by atoms with Gasteiger partial charge in [0, 0.05) is 18.2 Å². The molecule has 6 heteroatoms. The summed E-state index contributed by atoms with van der Waals surface area (Å²) in [5.74, 6) is -0.459.